The lowest BCUT2D eigenvalue weighted by Crippen LogP contribution is -2.03. The van der Waals surface area contributed by atoms with Gasteiger partial charge in [-0.2, -0.15) is 0 Å². The van der Waals surface area contributed by atoms with Crippen LogP contribution in [-0.4, -0.2) is 15.4 Å². The minimum Gasteiger partial charge on any atom is -0.328 e. The summed E-state index contributed by atoms with van der Waals surface area (Å²) in [6, 6.07) is 4.82. The van der Waals surface area contributed by atoms with Crippen molar-refractivity contribution < 1.29 is 4.39 Å². The number of rotatable bonds is 6. The maximum absolute atomic E-state index is 13.2. The molecule has 0 aliphatic rings. The van der Waals surface area contributed by atoms with E-state index in [0.29, 0.717) is 5.88 Å². The summed E-state index contributed by atoms with van der Waals surface area (Å²) in [6.45, 7) is 3.07. The van der Waals surface area contributed by atoms with Gasteiger partial charge in [0, 0.05) is 24.9 Å². The highest BCUT2D eigenvalue weighted by Gasteiger charge is 2.10. The second kappa shape index (κ2) is 6.19. The zero-order chi connectivity index (χ0) is 13.0. The zero-order valence-electron chi connectivity index (χ0n) is 10.6. The van der Waals surface area contributed by atoms with Crippen molar-refractivity contribution in [3.8, 4) is 0 Å². The zero-order valence-corrected chi connectivity index (χ0v) is 11.4. The largest absolute Gasteiger partial charge is 0.328 e. The van der Waals surface area contributed by atoms with Crippen LogP contribution in [-0.2, 0) is 13.0 Å². The normalized spacial score (nSPS) is 11.3. The lowest BCUT2D eigenvalue weighted by molar-refractivity contribution is 0.628. The highest BCUT2D eigenvalue weighted by Crippen LogP contribution is 2.19. The van der Waals surface area contributed by atoms with Gasteiger partial charge in [-0.15, -0.1) is 11.6 Å². The van der Waals surface area contributed by atoms with Crippen LogP contribution in [0.3, 0.4) is 0 Å². The molecule has 98 valence electrons. The molecule has 18 heavy (non-hydrogen) atoms. The molecule has 0 radical (unpaired) electrons. The van der Waals surface area contributed by atoms with E-state index in [1.165, 1.54) is 12.1 Å². The molecule has 0 saturated heterocycles. The summed E-state index contributed by atoms with van der Waals surface area (Å²) in [6.07, 6.45) is 3.97. The van der Waals surface area contributed by atoms with Gasteiger partial charge in [-0.05, 0) is 31.4 Å². The summed E-state index contributed by atoms with van der Waals surface area (Å²) in [4.78, 5) is 4.54. The third kappa shape index (κ3) is 2.83. The topological polar surface area (TPSA) is 17.8 Å². The molecule has 0 atom stereocenters. The van der Waals surface area contributed by atoms with Gasteiger partial charge in [0.05, 0.1) is 11.0 Å². The summed E-state index contributed by atoms with van der Waals surface area (Å²) in [5, 5.41) is 0. The van der Waals surface area contributed by atoms with E-state index < -0.39 is 0 Å². The fourth-order valence-electron chi connectivity index (χ4n) is 2.19. The smallest absolute Gasteiger partial charge is 0.125 e. The number of aryl methyl sites for hydroxylation is 2. The number of aromatic nitrogens is 2. The summed E-state index contributed by atoms with van der Waals surface area (Å²) < 4.78 is 15.4. The molecular weight excluding hydrogens is 251 g/mol. The number of halogens is 2. The molecule has 0 bridgehead atoms. The van der Waals surface area contributed by atoms with E-state index in [9.17, 15) is 4.39 Å². The van der Waals surface area contributed by atoms with Crippen molar-refractivity contribution in [1.82, 2.24) is 9.55 Å². The SMILES string of the molecule is CCCn1c(CCCCCl)nc2cc(F)ccc21. The Morgan fingerprint density at radius 3 is 2.89 bits per heavy atom. The standard InChI is InChI=1S/C14H18ClFN2/c1-2-9-18-13-7-6-11(16)10-12(13)17-14(18)5-3-4-8-15/h6-7,10H,2-5,8-9H2,1H3. The Labute approximate surface area is 112 Å². The Kier molecular flexibility index (Phi) is 4.59. The second-order valence-electron chi connectivity index (χ2n) is 4.46. The average molecular weight is 269 g/mol. The summed E-state index contributed by atoms with van der Waals surface area (Å²) in [7, 11) is 0. The molecule has 1 heterocycles. The number of alkyl halides is 1. The number of unbranched alkanes of at least 4 members (excludes halogenated alkanes) is 1. The van der Waals surface area contributed by atoms with Gasteiger partial charge in [-0.1, -0.05) is 6.92 Å². The van der Waals surface area contributed by atoms with Crippen LogP contribution < -0.4 is 0 Å². The van der Waals surface area contributed by atoms with E-state index in [1.54, 1.807) is 0 Å². The minimum absolute atomic E-state index is 0.226. The van der Waals surface area contributed by atoms with Crippen LogP contribution in [0.5, 0.6) is 0 Å². The van der Waals surface area contributed by atoms with Gasteiger partial charge in [0.15, 0.2) is 0 Å². The van der Waals surface area contributed by atoms with Crippen molar-refractivity contribution in [2.24, 2.45) is 0 Å². The number of imidazole rings is 1. The molecule has 0 aliphatic carbocycles. The van der Waals surface area contributed by atoms with Gasteiger partial charge >= 0.3 is 0 Å². The van der Waals surface area contributed by atoms with Gasteiger partial charge in [0.25, 0.3) is 0 Å². The first kappa shape index (κ1) is 13.3. The van der Waals surface area contributed by atoms with Crippen molar-refractivity contribution in [2.75, 3.05) is 5.88 Å². The first-order chi connectivity index (χ1) is 8.76. The third-order valence-electron chi connectivity index (χ3n) is 3.02. The molecule has 2 rings (SSSR count). The predicted octanol–water partition coefficient (Wildman–Crippen LogP) is 4.15. The fourth-order valence-corrected chi connectivity index (χ4v) is 2.38. The van der Waals surface area contributed by atoms with Crippen LogP contribution in [0.1, 0.15) is 32.0 Å². The van der Waals surface area contributed by atoms with E-state index in [1.807, 2.05) is 6.07 Å². The van der Waals surface area contributed by atoms with Crippen LogP contribution in [0.15, 0.2) is 18.2 Å². The second-order valence-corrected chi connectivity index (χ2v) is 4.84. The predicted molar refractivity (Wildman–Crippen MR) is 73.6 cm³/mol. The van der Waals surface area contributed by atoms with Gasteiger partial charge in [-0.3, -0.25) is 0 Å². The first-order valence-corrected chi connectivity index (χ1v) is 7.00. The van der Waals surface area contributed by atoms with E-state index in [4.69, 9.17) is 11.6 Å². The van der Waals surface area contributed by atoms with Gasteiger partial charge in [0.1, 0.15) is 11.6 Å². The van der Waals surface area contributed by atoms with Crippen molar-refractivity contribution in [3.05, 3.63) is 29.8 Å². The van der Waals surface area contributed by atoms with Crippen molar-refractivity contribution in [2.45, 2.75) is 39.2 Å². The molecule has 0 saturated carbocycles. The average Bonchev–Trinajstić information content (AvgIpc) is 2.68. The number of nitrogens with zero attached hydrogens (tertiary/aromatic N) is 2. The van der Waals surface area contributed by atoms with Gasteiger partial charge < -0.3 is 4.57 Å². The number of hydrogen-bond donors (Lipinski definition) is 0. The van der Waals surface area contributed by atoms with Gasteiger partial charge in [0.2, 0.25) is 0 Å². The minimum atomic E-state index is -0.226. The lowest BCUT2D eigenvalue weighted by Gasteiger charge is -2.07. The molecular formula is C14H18ClFN2. The molecule has 0 N–H and O–H groups in total. The van der Waals surface area contributed by atoms with Crippen LogP contribution >= 0.6 is 11.6 Å². The van der Waals surface area contributed by atoms with Crippen molar-refractivity contribution in [1.29, 1.82) is 0 Å². The van der Waals surface area contributed by atoms with E-state index in [0.717, 1.165) is 49.1 Å². The number of fused-ring (bicyclic) bond motifs is 1. The molecule has 4 heteroatoms. The summed E-state index contributed by atoms with van der Waals surface area (Å²) >= 11 is 5.69. The molecule has 0 aliphatic heterocycles. The Balaban J connectivity index is 2.34. The molecule has 0 spiro atoms. The number of benzene rings is 1. The van der Waals surface area contributed by atoms with Crippen LogP contribution in [0.4, 0.5) is 4.39 Å². The quantitative estimate of drug-likeness (QED) is 0.569. The molecule has 2 aromatic rings. The highest BCUT2D eigenvalue weighted by atomic mass is 35.5. The van der Waals surface area contributed by atoms with E-state index in [-0.39, 0.29) is 5.82 Å². The molecule has 1 aromatic carbocycles. The number of hydrogen-bond acceptors (Lipinski definition) is 1. The lowest BCUT2D eigenvalue weighted by atomic mass is 10.2. The Morgan fingerprint density at radius 1 is 1.33 bits per heavy atom. The van der Waals surface area contributed by atoms with Crippen molar-refractivity contribution >= 4 is 22.6 Å². The Bertz CT molecular complexity index is 522. The first-order valence-electron chi connectivity index (χ1n) is 6.47. The van der Waals surface area contributed by atoms with Crippen molar-refractivity contribution in [3.63, 3.8) is 0 Å². The maximum atomic E-state index is 13.2. The van der Waals surface area contributed by atoms with Crippen LogP contribution in [0.25, 0.3) is 11.0 Å². The highest BCUT2D eigenvalue weighted by molar-refractivity contribution is 6.17. The molecule has 0 fully saturated rings. The molecule has 0 unspecified atom stereocenters. The molecule has 0 amide bonds. The Morgan fingerprint density at radius 2 is 2.17 bits per heavy atom. The fraction of sp³-hybridized carbons (Fsp3) is 0.500. The molecule has 1 aromatic heterocycles. The van der Waals surface area contributed by atoms with E-state index >= 15 is 0 Å². The summed E-state index contributed by atoms with van der Waals surface area (Å²) in [5.74, 6) is 1.50. The summed E-state index contributed by atoms with van der Waals surface area (Å²) in [5.41, 5.74) is 1.78. The third-order valence-corrected chi connectivity index (χ3v) is 3.29. The maximum Gasteiger partial charge on any atom is 0.125 e. The monoisotopic (exact) mass is 268 g/mol. The Hall–Kier alpha value is -1.09. The van der Waals surface area contributed by atoms with Crippen LogP contribution in [0, 0.1) is 5.82 Å². The van der Waals surface area contributed by atoms with E-state index in [2.05, 4.69) is 16.5 Å². The molecule has 2 nitrogen and oxygen atoms in total. The van der Waals surface area contributed by atoms with Crippen LogP contribution in [0.2, 0.25) is 0 Å². The van der Waals surface area contributed by atoms with Gasteiger partial charge in [-0.25, -0.2) is 9.37 Å².